The number of hydrogen-bond acceptors (Lipinski definition) is 4. The zero-order valence-electron chi connectivity index (χ0n) is 19.1. The molecule has 0 fully saturated rings. The summed E-state index contributed by atoms with van der Waals surface area (Å²) in [5.41, 5.74) is 1.51. The van der Waals surface area contributed by atoms with E-state index in [4.69, 9.17) is 0 Å². The van der Waals surface area contributed by atoms with Gasteiger partial charge in [0.15, 0.2) is 11.6 Å². The molecule has 0 saturated heterocycles. The van der Waals surface area contributed by atoms with E-state index in [1.807, 2.05) is 31.2 Å². The normalized spacial score (nSPS) is 12.2. The number of amides is 2. The van der Waals surface area contributed by atoms with Crippen molar-refractivity contribution >= 4 is 27.5 Å². The molecule has 2 rings (SSSR count). The summed E-state index contributed by atoms with van der Waals surface area (Å²) in [5, 5.41) is 2.71. The van der Waals surface area contributed by atoms with E-state index >= 15 is 0 Å². The van der Waals surface area contributed by atoms with E-state index < -0.39 is 40.2 Å². The Labute approximate surface area is 193 Å². The zero-order valence-corrected chi connectivity index (χ0v) is 20.0. The molecule has 0 aromatic heterocycles. The Balaban J connectivity index is 2.47. The van der Waals surface area contributed by atoms with E-state index in [1.165, 1.54) is 4.90 Å². The lowest BCUT2D eigenvalue weighted by Gasteiger charge is -2.33. The van der Waals surface area contributed by atoms with Gasteiger partial charge in [0.25, 0.3) is 0 Å². The highest BCUT2D eigenvalue weighted by Crippen LogP contribution is 2.22. The molecular weight excluding hydrogens is 452 g/mol. The van der Waals surface area contributed by atoms with Gasteiger partial charge in [0.2, 0.25) is 21.8 Å². The van der Waals surface area contributed by atoms with Crippen molar-refractivity contribution in [2.24, 2.45) is 0 Å². The zero-order chi connectivity index (χ0) is 24.8. The van der Waals surface area contributed by atoms with Crippen LogP contribution in [0.1, 0.15) is 31.4 Å². The van der Waals surface area contributed by atoms with Crippen molar-refractivity contribution in [3.05, 3.63) is 65.2 Å². The van der Waals surface area contributed by atoms with Crippen LogP contribution >= 0.6 is 0 Å². The van der Waals surface area contributed by atoms with Crippen molar-refractivity contribution in [3.63, 3.8) is 0 Å². The SMILES string of the molecule is CCNC(=O)C(CC)N(Cc1ccccc1C)C(=O)CN(c1ccc(F)c(F)c1)S(C)(=O)=O. The Morgan fingerprint density at radius 3 is 2.27 bits per heavy atom. The van der Waals surface area contributed by atoms with Gasteiger partial charge in [0.1, 0.15) is 12.6 Å². The molecule has 2 aromatic carbocycles. The number of anilines is 1. The summed E-state index contributed by atoms with van der Waals surface area (Å²) in [6, 6.07) is 9.10. The van der Waals surface area contributed by atoms with Crippen LogP contribution in [-0.2, 0) is 26.2 Å². The molecule has 10 heteroatoms. The quantitative estimate of drug-likeness (QED) is 0.565. The third-order valence-electron chi connectivity index (χ3n) is 5.21. The van der Waals surface area contributed by atoms with Crippen LogP contribution in [0.3, 0.4) is 0 Å². The van der Waals surface area contributed by atoms with E-state index in [0.29, 0.717) is 17.3 Å². The van der Waals surface area contributed by atoms with Crippen LogP contribution in [0.4, 0.5) is 14.5 Å². The fourth-order valence-corrected chi connectivity index (χ4v) is 4.28. The molecule has 7 nitrogen and oxygen atoms in total. The van der Waals surface area contributed by atoms with E-state index in [-0.39, 0.29) is 18.1 Å². The molecule has 0 bridgehead atoms. The lowest BCUT2D eigenvalue weighted by atomic mass is 10.1. The number of carbonyl (C=O) groups excluding carboxylic acids is 2. The number of benzene rings is 2. The van der Waals surface area contributed by atoms with Gasteiger partial charge in [-0.05, 0) is 43.5 Å². The van der Waals surface area contributed by atoms with Crippen LogP contribution in [0.15, 0.2) is 42.5 Å². The molecule has 1 atom stereocenters. The van der Waals surface area contributed by atoms with Crippen molar-refractivity contribution in [3.8, 4) is 0 Å². The first kappa shape index (κ1) is 26.2. The molecule has 2 aromatic rings. The Hall–Kier alpha value is -3.01. The van der Waals surface area contributed by atoms with Gasteiger partial charge in [-0.25, -0.2) is 17.2 Å². The molecule has 0 spiro atoms. The largest absolute Gasteiger partial charge is 0.355 e. The number of nitrogens with one attached hydrogen (secondary N) is 1. The predicted octanol–water partition coefficient (Wildman–Crippen LogP) is 2.98. The lowest BCUT2D eigenvalue weighted by molar-refractivity contribution is -0.140. The number of sulfonamides is 1. The maximum atomic E-state index is 13.8. The van der Waals surface area contributed by atoms with Gasteiger partial charge in [0, 0.05) is 19.2 Å². The number of halogens is 2. The van der Waals surface area contributed by atoms with Gasteiger partial charge in [-0.1, -0.05) is 31.2 Å². The first-order chi connectivity index (χ1) is 15.5. The molecule has 0 aliphatic heterocycles. The molecular formula is C23H29F2N3O4S. The van der Waals surface area contributed by atoms with Crippen molar-refractivity contribution < 1.29 is 26.8 Å². The Bertz CT molecular complexity index is 1110. The third-order valence-corrected chi connectivity index (χ3v) is 6.35. The van der Waals surface area contributed by atoms with Gasteiger partial charge in [-0.15, -0.1) is 0 Å². The van der Waals surface area contributed by atoms with Crippen molar-refractivity contribution in [2.45, 2.75) is 39.8 Å². The van der Waals surface area contributed by atoms with Gasteiger partial charge in [-0.2, -0.15) is 0 Å². The summed E-state index contributed by atoms with van der Waals surface area (Å²) < 4.78 is 52.7. The number of nitrogens with zero attached hydrogens (tertiary/aromatic N) is 2. The molecule has 0 radical (unpaired) electrons. The maximum absolute atomic E-state index is 13.8. The molecule has 0 saturated carbocycles. The number of hydrogen-bond donors (Lipinski definition) is 1. The molecule has 0 aliphatic rings. The predicted molar refractivity (Wildman–Crippen MR) is 123 cm³/mol. The van der Waals surface area contributed by atoms with Crippen molar-refractivity contribution in [2.75, 3.05) is 23.7 Å². The Morgan fingerprint density at radius 1 is 1.06 bits per heavy atom. The topological polar surface area (TPSA) is 86.8 Å². The van der Waals surface area contributed by atoms with E-state index in [2.05, 4.69) is 5.32 Å². The second-order valence-corrected chi connectivity index (χ2v) is 9.54. The molecule has 180 valence electrons. The highest BCUT2D eigenvalue weighted by Gasteiger charge is 2.32. The second kappa shape index (κ2) is 11.2. The van der Waals surface area contributed by atoms with Gasteiger partial charge in [0.05, 0.1) is 11.9 Å². The summed E-state index contributed by atoms with van der Waals surface area (Å²) in [5.74, 6) is -3.38. The summed E-state index contributed by atoms with van der Waals surface area (Å²) in [7, 11) is -4.02. The van der Waals surface area contributed by atoms with Gasteiger partial charge in [-0.3, -0.25) is 13.9 Å². The Morgan fingerprint density at radius 2 is 1.73 bits per heavy atom. The number of carbonyl (C=O) groups is 2. The standard InChI is InChI=1S/C23H29F2N3O4S/c1-5-21(23(30)26-6-2)27(14-17-10-8-7-9-16(17)3)22(29)15-28(33(4,31)32)18-11-12-19(24)20(25)13-18/h7-13,21H,5-6,14-15H2,1-4H3,(H,26,30). The van der Waals surface area contributed by atoms with Crippen molar-refractivity contribution in [1.29, 1.82) is 0 Å². The molecule has 1 unspecified atom stereocenters. The first-order valence-corrected chi connectivity index (χ1v) is 12.4. The van der Waals surface area contributed by atoms with E-state index in [1.54, 1.807) is 13.8 Å². The molecule has 0 aliphatic carbocycles. The summed E-state index contributed by atoms with van der Waals surface area (Å²) >= 11 is 0. The monoisotopic (exact) mass is 481 g/mol. The molecule has 2 amide bonds. The van der Waals surface area contributed by atoms with Crippen LogP contribution in [0.2, 0.25) is 0 Å². The van der Waals surface area contributed by atoms with Gasteiger partial charge < -0.3 is 10.2 Å². The highest BCUT2D eigenvalue weighted by atomic mass is 32.2. The lowest BCUT2D eigenvalue weighted by Crippen LogP contribution is -2.52. The molecule has 33 heavy (non-hydrogen) atoms. The van der Waals surface area contributed by atoms with Gasteiger partial charge >= 0.3 is 0 Å². The average Bonchev–Trinajstić information content (AvgIpc) is 2.74. The maximum Gasteiger partial charge on any atom is 0.244 e. The second-order valence-electron chi connectivity index (χ2n) is 7.63. The smallest absolute Gasteiger partial charge is 0.244 e. The fraction of sp³-hybridized carbons (Fsp3) is 0.391. The van der Waals surface area contributed by atoms with Crippen LogP contribution in [0, 0.1) is 18.6 Å². The summed E-state index contributed by atoms with van der Waals surface area (Å²) in [4.78, 5) is 27.4. The first-order valence-electron chi connectivity index (χ1n) is 10.5. The highest BCUT2D eigenvalue weighted by molar-refractivity contribution is 7.92. The van der Waals surface area contributed by atoms with E-state index in [0.717, 1.165) is 35.6 Å². The third kappa shape index (κ3) is 6.74. The summed E-state index contributed by atoms with van der Waals surface area (Å²) in [6.45, 7) is 5.15. The van der Waals surface area contributed by atoms with Crippen LogP contribution in [-0.4, -0.2) is 50.5 Å². The minimum absolute atomic E-state index is 0.0799. The minimum atomic E-state index is -4.02. The number of rotatable bonds is 10. The average molecular weight is 482 g/mol. The fourth-order valence-electron chi connectivity index (χ4n) is 3.44. The van der Waals surface area contributed by atoms with E-state index in [9.17, 15) is 26.8 Å². The Kier molecular flexibility index (Phi) is 8.92. The molecule has 1 N–H and O–H groups in total. The minimum Gasteiger partial charge on any atom is -0.355 e. The van der Waals surface area contributed by atoms with Crippen molar-refractivity contribution in [1.82, 2.24) is 10.2 Å². The number of likely N-dealkylation sites (N-methyl/N-ethyl adjacent to an activating group) is 1. The van der Waals surface area contributed by atoms with Crippen LogP contribution in [0.25, 0.3) is 0 Å². The summed E-state index contributed by atoms with van der Waals surface area (Å²) in [6.07, 6.45) is 1.17. The van der Waals surface area contributed by atoms with Crippen LogP contribution < -0.4 is 9.62 Å². The number of aryl methyl sites for hydroxylation is 1. The molecule has 0 heterocycles. The van der Waals surface area contributed by atoms with Crippen LogP contribution in [0.5, 0.6) is 0 Å².